The Balaban J connectivity index is 2.71. The average Bonchev–Trinajstić information content (AvgIpc) is 2.51. The molecule has 1 N–H and O–H groups in total. The van der Waals surface area contributed by atoms with Crippen LogP contribution in [0.2, 0.25) is 0 Å². The fourth-order valence-corrected chi connectivity index (χ4v) is 3.18. The Morgan fingerprint density at radius 1 is 1.35 bits per heavy atom. The molecule has 20 heavy (non-hydrogen) atoms. The second-order valence-electron chi connectivity index (χ2n) is 6.04. The third-order valence-corrected chi connectivity index (χ3v) is 4.74. The van der Waals surface area contributed by atoms with Gasteiger partial charge < -0.3 is 10.1 Å². The Hall–Kier alpha value is -0.380. The third-order valence-electron chi connectivity index (χ3n) is 4.74. The molecule has 0 radical (unpaired) electrons. The van der Waals surface area contributed by atoms with Gasteiger partial charge in [0.15, 0.2) is 0 Å². The summed E-state index contributed by atoms with van der Waals surface area (Å²) in [5, 5.41) is 3.80. The lowest BCUT2D eigenvalue weighted by molar-refractivity contribution is -0.0335. The van der Waals surface area contributed by atoms with Crippen LogP contribution >= 0.6 is 0 Å². The zero-order valence-electron chi connectivity index (χ0n) is 13.8. The number of hydrogen-bond acceptors (Lipinski definition) is 3. The number of unbranched alkanes of at least 4 members (excludes halogenated alkanes) is 1. The lowest BCUT2D eigenvalue weighted by atomic mass is 9.83. The van der Waals surface area contributed by atoms with Crippen LogP contribution in [0.5, 0.6) is 0 Å². The van der Waals surface area contributed by atoms with Crippen LogP contribution in [0.25, 0.3) is 0 Å². The van der Waals surface area contributed by atoms with Gasteiger partial charge in [0.05, 0.1) is 13.2 Å². The van der Waals surface area contributed by atoms with Crippen LogP contribution in [0.3, 0.4) is 0 Å². The maximum atomic E-state index is 5.52. The molecule has 0 aromatic rings. The number of morpholine rings is 1. The zero-order chi connectivity index (χ0) is 14.8. The Kier molecular flexibility index (Phi) is 8.43. The largest absolute Gasteiger partial charge is 0.379 e. The fraction of sp³-hybridized carbons (Fsp3) is 0.882. The molecule has 0 aromatic carbocycles. The molecule has 2 unspecified atom stereocenters. The quantitative estimate of drug-likeness (QED) is 0.492. The summed E-state index contributed by atoms with van der Waals surface area (Å²) in [6, 6.07) is 0.561. The van der Waals surface area contributed by atoms with Crippen LogP contribution in [0.15, 0.2) is 12.7 Å². The summed E-state index contributed by atoms with van der Waals surface area (Å²) in [5.41, 5.74) is 0.236. The molecule has 0 spiro atoms. The van der Waals surface area contributed by atoms with Gasteiger partial charge in [0.1, 0.15) is 0 Å². The van der Waals surface area contributed by atoms with Gasteiger partial charge in [0.2, 0.25) is 0 Å². The van der Waals surface area contributed by atoms with Gasteiger partial charge in [-0.05, 0) is 45.6 Å². The molecule has 1 rings (SSSR count). The number of hydrogen-bond donors (Lipinski definition) is 1. The minimum Gasteiger partial charge on any atom is -0.379 e. The molecule has 1 aliphatic rings. The van der Waals surface area contributed by atoms with Crippen LogP contribution in [0.1, 0.15) is 52.9 Å². The summed E-state index contributed by atoms with van der Waals surface area (Å²) in [6.45, 7) is 15.8. The highest BCUT2D eigenvalue weighted by Gasteiger charge is 2.38. The predicted octanol–water partition coefficient (Wildman–Crippen LogP) is 3.21. The van der Waals surface area contributed by atoms with Crippen molar-refractivity contribution in [3.63, 3.8) is 0 Å². The molecule has 0 aromatic heterocycles. The molecule has 118 valence electrons. The summed E-state index contributed by atoms with van der Waals surface area (Å²) in [5.74, 6) is 0. The van der Waals surface area contributed by atoms with Gasteiger partial charge in [-0.2, -0.15) is 0 Å². The van der Waals surface area contributed by atoms with Crippen LogP contribution in [-0.4, -0.2) is 49.3 Å². The molecule has 3 heteroatoms. The number of allylic oxidation sites excluding steroid dienone is 1. The van der Waals surface area contributed by atoms with Crippen molar-refractivity contribution in [3.05, 3.63) is 12.7 Å². The monoisotopic (exact) mass is 282 g/mol. The van der Waals surface area contributed by atoms with Crippen molar-refractivity contribution in [2.24, 2.45) is 0 Å². The van der Waals surface area contributed by atoms with Crippen molar-refractivity contribution in [1.29, 1.82) is 0 Å². The standard InChI is InChI=1S/C17H34N2O/c1-5-8-9-10-16(18-11-6-2)17(4,7-3)19-12-14-20-15-13-19/h5,16,18H,1,6-15H2,2-4H3. The van der Waals surface area contributed by atoms with Gasteiger partial charge in [-0.25, -0.2) is 0 Å². The lowest BCUT2D eigenvalue weighted by Crippen LogP contribution is -2.61. The summed E-state index contributed by atoms with van der Waals surface area (Å²) >= 11 is 0. The fourth-order valence-electron chi connectivity index (χ4n) is 3.18. The minimum atomic E-state index is 0.236. The van der Waals surface area contributed by atoms with E-state index in [1.165, 1.54) is 25.7 Å². The highest BCUT2D eigenvalue weighted by molar-refractivity contribution is 4.97. The molecule has 1 aliphatic heterocycles. The molecule has 2 atom stereocenters. The number of ether oxygens (including phenoxy) is 1. The van der Waals surface area contributed by atoms with E-state index in [9.17, 15) is 0 Å². The van der Waals surface area contributed by atoms with Crippen molar-refractivity contribution in [1.82, 2.24) is 10.2 Å². The van der Waals surface area contributed by atoms with E-state index in [0.29, 0.717) is 6.04 Å². The number of rotatable bonds is 10. The van der Waals surface area contributed by atoms with E-state index >= 15 is 0 Å². The van der Waals surface area contributed by atoms with Crippen molar-refractivity contribution in [2.75, 3.05) is 32.8 Å². The van der Waals surface area contributed by atoms with Crippen LogP contribution in [0.4, 0.5) is 0 Å². The first-order chi connectivity index (χ1) is 9.69. The summed E-state index contributed by atoms with van der Waals surface area (Å²) in [4.78, 5) is 2.64. The molecule has 0 aliphatic carbocycles. The van der Waals surface area contributed by atoms with Crippen molar-refractivity contribution >= 4 is 0 Å². The topological polar surface area (TPSA) is 24.5 Å². The first-order valence-corrected chi connectivity index (χ1v) is 8.36. The molecule has 0 bridgehead atoms. The van der Waals surface area contributed by atoms with E-state index in [4.69, 9.17) is 4.74 Å². The Morgan fingerprint density at radius 3 is 2.60 bits per heavy atom. The highest BCUT2D eigenvalue weighted by Crippen LogP contribution is 2.28. The molecule has 1 heterocycles. The number of nitrogens with zero attached hydrogens (tertiary/aromatic N) is 1. The van der Waals surface area contributed by atoms with Gasteiger partial charge in [-0.15, -0.1) is 6.58 Å². The van der Waals surface area contributed by atoms with Crippen molar-refractivity contribution in [3.8, 4) is 0 Å². The Bertz CT molecular complexity index is 264. The van der Waals surface area contributed by atoms with Gasteiger partial charge >= 0.3 is 0 Å². The maximum absolute atomic E-state index is 5.52. The van der Waals surface area contributed by atoms with E-state index in [0.717, 1.165) is 39.3 Å². The lowest BCUT2D eigenvalue weighted by Gasteiger charge is -2.48. The summed E-state index contributed by atoms with van der Waals surface area (Å²) in [6.07, 6.45) is 7.99. The summed E-state index contributed by atoms with van der Waals surface area (Å²) in [7, 11) is 0. The van der Waals surface area contributed by atoms with E-state index in [-0.39, 0.29) is 5.54 Å². The molecule has 0 amide bonds. The highest BCUT2D eigenvalue weighted by atomic mass is 16.5. The molecule has 1 saturated heterocycles. The average molecular weight is 282 g/mol. The van der Waals surface area contributed by atoms with E-state index in [2.05, 4.69) is 37.6 Å². The molecule has 3 nitrogen and oxygen atoms in total. The molecular weight excluding hydrogens is 248 g/mol. The van der Waals surface area contributed by atoms with Gasteiger partial charge in [0.25, 0.3) is 0 Å². The van der Waals surface area contributed by atoms with Gasteiger partial charge in [-0.3, -0.25) is 4.90 Å². The predicted molar refractivity (Wildman–Crippen MR) is 87.2 cm³/mol. The van der Waals surface area contributed by atoms with E-state index < -0.39 is 0 Å². The SMILES string of the molecule is C=CCCCC(NCCC)C(C)(CC)N1CCOCC1. The van der Waals surface area contributed by atoms with Crippen LogP contribution < -0.4 is 5.32 Å². The first-order valence-electron chi connectivity index (χ1n) is 8.36. The van der Waals surface area contributed by atoms with Gasteiger partial charge in [-0.1, -0.05) is 19.9 Å². The van der Waals surface area contributed by atoms with Crippen LogP contribution in [0, 0.1) is 0 Å². The second kappa shape index (κ2) is 9.54. The first kappa shape index (κ1) is 17.7. The summed E-state index contributed by atoms with van der Waals surface area (Å²) < 4.78 is 5.52. The zero-order valence-corrected chi connectivity index (χ0v) is 13.8. The van der Waals surface area contributed by atoms with E-state index in [1.54, 1.807) is 0 Å². The molecule has 0 saturated carbocycles. The third kappa shape index (κ3) is 4.87. The molecule has 1 fully saturated rings. The maximum Gasteiger partial charge on any atom is 0.0594 e. The second-order valence-corrected chi connectivity index (χ2v) is 6.04. The van der Waals surface area contributed by atoms with E-state index in [1.807, 2.05) is 6.08 Å². The Labute approximate surface area is 125 Å². The normalized spacial score (nSPS) is 21.4. The van der Waals surface area contributed by atoms with Crippen molar-refractivity contribution in [2.45, 2.75) is 64.5 Å². The smallest absolute Gasteiger partial charge is 0.0594 e. The molecular formula is C17H34N2O. The van der Waals surface area contributed by atoms with Crippen LogP contribution in [-0.2, 0) is 4.74 Å². The van der Waals surface area contributed by atoms with Crippen molar-refractivity contribution < 1.29 is 4.74 Å². The Morgan fingerprint density at radius 2 is 2.05 bits per heavy atom. The number of nitrogens with one attached hydrogen (secondary N) is 1. The van der Waals surface area contributed by atoms with Gasteiger partial charge in [0, 0.05) is 24.7 Å². The minimum absolute atomic E-state index is 0.236.